The van der Waals surface area contributed by atoms with Crippen LogP contribution in [0.15, 0.2) is 23.1 Å². The molecule has 88 valence electrons. The molecule has 2 N–H and O–H groups in total. The van der Waals surface area contributed by atoms with E-state index >= 15 is 0 Å². The van der Waals surface area contributed by atoms with Crippen molar-refractivity contribution in [2.45, 2.75) is 0 Å². The molecule has 0 atom stereocenters. The summed E-state index contributed by atoms with van der Waals surface area (Å²) >= 11 is 18.0. The van der Waals surface area contributed by atoms with Gasteiger partial charge in [-0.05, 0) is 18.2 Å². The number of hydrogen-bond acceptors (Lipinski definition) is 4. The maximum absolute atomic E-state index is 11.7. The van der Waals surface area contributed by atoms with E-state index in [1.807, 2.05) is 0 Å². The molecule has 0 bridgehead atoms. The van der Waals surface area contributed by atoms with E-state index in [1.165, 1.54) is 0 Å². The summed E-state index contributed by atoms with van der Waals surface area (Å²) in [5.41, 5.74) is 0.588. The zero-order valence-corrected chi connectivity index (χ0v) is 11.5. The summed E-state index contributed by atoms with van der Waals surface area (Å²) in [6.07, 6.45) is 1.59. The van der Waals surface area contributed by atoms with Gasteiger partial charge in [0.1, 0.15) is 0 Å². The molecule has 1 saturated heterocycles. The Balaban J connectivity index is 2.44. The lowest BCUT2D eigenvalue weighted by atomic mass is 10.2. The highest BCUT2D eigenvalue weighted by atomic mass is 35.5. The maximum atomic E-state index is 11.7. The van der Waals surface area contributed by atoms with Crippen LogP contribution in [0, 0.1) is 0 Å². The van der Waals surface area contributed by atoms with Crippen LogP contribution in [0.1, 0.15) is 5.56 Å². The molecule has 0 aromatic heterocycles. The number of hydrazine groups is 1. The fourth-order valence-corrected chi connectivity index (χ4v) is 2.85. The third-order valence-electron chi connectivity index (χ3n) is 2.10. The molecule has 1 amide bonds. The summed E-state index contributed by atoms with van der Waals surface area (Å²) < 4.78 is 0.310. The van der Waals surface area contributed by atoms with E-state index in [9.17, 15) is 4.79 Å². The third kappa shape index (κ3) is 2.48. The highest BCUT2D eigenvalue weighted by Gasteiger charge is 2.30. The minimum atomic E-state index is -0.351. The van der Waals surface area contributed by atoms with Gasteiger partial charge in [-0.1, -0.05) is 53.2 Å². The molecule has 1 aromatic rings. The number of thiocarbonyl (C=S) groups is 1. The normalized spacial score (nSPS) is 18.3. The first-order chi connectivity index (χ1) is 8.00. The van der Waals surface area contributed by atoms with E-state index in [-0.39, 0.29) is 5.91 Å². The van der Waals surface area contributed by atoms with E-state index in [0.29, 0.717) is 24.8 Å². The van der Waals surface area contributed by atoms with E-state index in [1.54, 1.807) is 24.3 Å². The van der Waals surface area contributed by atoms with Crippen molar-refractivity contribution in [1.82, 2.24) is 5.01 Å². The van der Waals surface area contributed by atoms with Crippen LogP contribution in [0.25, 0.3) is 6.08 Å². The Morgan fingerprint density at radius 3 is 2.41 bits per heavy atom. The molecule has 0 spiro atoms. The second kappa shape index (κ2) is 4.96. The SMILES string of the molecule is NN1C(=O)/C(=C\c2c(Cl)cccc2Cl)SC1=S. The van der Waals surface area contributed by atoms with Crippen molar-refractivity contribution >= 4 is 63.5 Å². The molecule has 1 aliphatic heterocycles. The molecule has 1 aliphatic rings. The topological polar surface area (TPSA) is 46.3 Å². The number of hydrogen-bond donors (Lipinski definition) is 1. The van der Waals surface area contributed by atoms with Gasteiger partial charge < -0.3 is 0 Å². The van der Waals surface area contributed by atoms with E-state index in [0.717, 1.165) is 16.8 Å². The predicted molar refractivity (Wildman–Crippen MR) is 75.7 cm³/mol. The van der Waals surface area contributed by atoms with Crippen molar-refractivity contribution in [2.24, 2.45) is 5.84 Å². The Hall–Kier alpha value is -0.590. The second-order valence-electron chi connectivity index (χ2n) is 3.19. The zero-order chi connectivity index (χ0) is 12.6. The van der Waals surface area contributed by atoms with Crippen molar-refractivity contribution in [3.8, 4) is 0 Å². The number of carbonyl (C=O) groups excluding carboxylic acids is 1. The van der Waals surface area contributed by atoms with Crippen LogP contribution in [0.2, 0.25) is 10.0 Å². The first-order valence-corrected chi connectivity index (χ1v) is 6.45. The number of nitrogens with zero attached hydrogens (tertiary/aromatic N) is 1. The molecule has 0 radical (unpaired) electrons. The largest absolute Gasteiger partial charge is 0.280 e. The quantitative estimate of drug-likeness (QED) is 0.375. The van der Waals surface area contributed by atoms with Crippen LogP contribution < -0.4 is 5.84 Å². The summed E-state index contributed by atoms with van der Waals surface area (Å²) in [5, 5.41) is 1.87. The molecular weight excluding hydrogens is 299 g/mol. The summed E-state index contributed by atoms with van der Waals surface area (Å²) in [5.74, 6) is 5.11. The maximum Gasteiger partial charge on any atom is 0.280 e. The van der Waals surface area contributed by atoms with Crippen LogP contribution in [-0.2, 0) is 4.79 Å². The van der Waals surface area contributed by atoms with Gasteiger partial charge in [-0.2, -0.15) is 0 Å². The van der Waals surface area contributed by atoms with Gasteiger partial charge in [-0.15, -0.1) is 0 Å². The van der Waals surface area contributed by atoms with E-state index in [2.05, 4.69) is 0 Å². The van der Waals surface area contributed by atoms with Gasteiger partial charge in [0.25, 0.3) is 5.91 Å². The fraction of sp³-hybridized carbons (Fsp3) is 0. The Bertz CT molecular complexity index is 525. The molecule has 0 saturated carbocycles. The molecule has 0 unspecified atom stereocenters. The Labute approximate surface area is 118 Å². The number of thioether (sulfide) groups is 1. The smallest absolute Gasteiger partial charge is 0.267 e. The number of rotatable bonds is 1. The number of carbonyl (C=O) groups is 1. The third-order valence-corrected chi connectivity index (χ3v) is 4.09. The number of amides is 1. The highest BCUT2D eigenvalue weighted by Crippen LogP contribution is 2.34. The van der Waals surface area contributed by atoms with Gasteiger partial charge in [0.2, 0.25) is 0 Å². The lowest BCUT2D eigenvalue weighted by molar-refractivity contribution is -0.122. The predicted octanol–water partition coefficient (Wildman–Crippen LogP) is 3.07. The zero-order valence-electron chi connectivity index (χ0n) is 8.31. The van der Waals surface area contributed by atoms with Crippen LogP contribution in [-0.4, -0.2) is 15.2 Å². The Morgan fingerprint density at radius 2 is 1.94 bits per heavy atom. The number of nitrogens with two attached hydrogens (primary N) is 1. The number of benzene rings is 1. The van der Waals surface area contributed by atoms with Crippen molar-refractivity contribution in [1.29, 1.82) is 0 Å². The molecular formula is C10H6Cl2N2OS2. The van der Waals surface area contributed by atoms with Gasteiger partial charge >= 0.3 is 0 Å². The Kier molecular flexibility index (Phi) is 3.75. The first-order valence-electron chi connectivity index (χ1n) is 4.47. The van der Waals surface area contributed by atoms with E-state index in [4.69, 9.17) is 41.3 Å². The monoisotopic (exact) mass is 304 g/mol. The van der Waals surface area contributed by atoms with Crippen LogP contribution in [0.3, 0.4) is 0 Å². The lowest BCUT2D eigenvalue weighted by Crippen LogP contribution is -2.34. The molecule has 3 nitrogen and oxygen atoms in total. The average Bonchev–Trinajstić information content (AvgIpc) is 2.52. The molecule has 17 heavy (non-hydrogen) atoms. The van der Waals surface area contributed by atoms with Crippen molar-refractivity contribution < 1.29 is 4.79 Å². The minimum absolute atomic E-state index is 0.310. The molecule has 1 fully saturated rings. The Morgan fingerprint density at radius 1 is 1.35 bits per heavy atom. The van der Waals surface area contributed by atoms with Crippen molar-refractivity contribution in [2.75, 3.05) is 0 Å². The van der Waals surface area contributed by atoms with Crippen LogP contribution in [0.5, 0.6) is 0 Å². The summed E-state index contributed by atoms with van der Waals surface area (Å²) in [6.45, 7) is 0. The molecule has 1 heterocycles. The molecule has 7 heteroatoms. The lowest BCUT2D eigenvalue weighted by Gasteiger charge is -2.04. The summed E-state index contributed by atoms with van der Waals surface area (Å²) in [4.78, 5) is 12.1. The highest BCUT2D eigenvalue weighted by molar-refractivity contribution is 8.26. The van der Waals surface area contributed by atoms with Crippen LogP contribution in [0.4, 0.5) is 0 Å². The standard InChI is InChI=1S/C10H6Cl2N2OS2/c11-6-2-1-3-7(12)5(6)4-8-9(15)14(13)10(16)17-8/h1-4H,13H2/b8-4+. The fourth-order valence-electron chi connectivity index (χ4n) is 1.26. The average molecular weight is 305 g/mol. The summed E-state index contributed by atoms with van der Waals surface area (Å²) in [6, 6.07) is 5.13. The van der Waals surface area contributed by atoms with Gasteiger partial charge in [-0.3, -0.25) is 4.79 Å². The van der Waals surface area contributed by atoms with Crippen molar-refractivity contribution in [3.05, 3.63) is 38.7 Å². The number of halogens is 2. The minimum Gasteiger partial charge on any atom is -0.267 e. The first kappa shape index (κ1) is 12.9. The second-order valence-corrected chi connectivity index (χ2v) is 5.68. The van der Waals surface area contributed by atoms with Gasteiger partial charge in [-0.25, -0.2) is 10.9 Å². The van der Waals surface area contributed by atoms with Gasteiger partial charge in [0, 0.05) is 15.6 Å². The summed E-state index contributed by atoms with van der Waals surface area (Å²) in [7, 11) is 0. The molecule has 2 rings (SSSR count). The van der Waals surface area contributed by atoms with Crippen molar-refractivity contribution in [3.63, 3.8) is 0 Å². The van der Waals surface area contributed by atoms with E-state index < -0.39 is 0 Å². The van der Waals surface area contributed by atoms with Gasteiger partial charge in [0.05, 0.1) is 4.91 Å². The van der Waals surface area contributed by atoms with Crippen LogP contribution >= 0.6 is 47.2 Å². The van der Waals surface area contributed by atoms with Gasteiger partial charge in [0.15, 0.2) is 4.32 Å². The molecule has 0 aliphatic carbocycles. The molecule has 1 aromatic carbocycles.